The van der Waals surface area contributed by atoms with Crippen molar-refractivity contribution in [3.05, 3.63) is 47.2 Å². The van der Waals surface area contributed by atoms with Gasteiger partial charge in [0, 0.05) is 46.1 Å². The molecule has 0 unspecified atom stereocenters. The molecule has 1 aromatic carbocycles. The molecule has 0 spiro atoms. The molecule has 0 atom stereocenters. The second-order valence-electron chi connectivity index (χ2n) is 4.02. The highest BCUT2D eigenvalue weighted by molar-refractivity contribution is 8.03. The number of ketones is 1. The molecule has 0 radical (unpaired) electrons. The number of alkyl halides is 3. The Morgan fingerprint density at radius 2 is 1.80 bits per heavy atom. The number of nitrogens with zero attached hydrogens (tertiary/aromatic N) is 1. The molecule has 0 fully saturated rings. The van der Waals surface area contributed by atoms with E-state index in [4.69, 9.17) is 46.4 Å². The number of halogens is 4. The van der Waals surface area contributed by atoms with Gasteiger partial charge in [-0.15, -0.1) is 0 Å². The smallest absolute Gasteiger partial charge is 0.256 e. The Balaban J connectivity index is 2.52. The lowest BCUT2D eigenvalue weighted by atomic mass is 10.0. The average molecular weight is 369 g/mol. The molecule has 2 nitrogen and oxygen atoms in total. The molecule has 20 heavy (non-hydrogen) atoms. The summed E-state index contributed by atoms with van der Waals surface area (Å²) in [7, 11) is 0. The number of hydrogen-bond donors (Lipinski definition) is 0. The summed E-state index contributed by atoms with van der Waals surface area (Å²) in [5.41, 5.74) is 2.01. The maximum atomic E-state index is 11.8. The molecule has 106 valence electrons. The van der Waals surface area contributed by atoms with Crippen LogP contribution in [0.5, 0.6) is 0 Å². The highest BCUT2D eigenvalue weighted by Gasteiger charge is 2.24. The predicted molar refractivity (Wildman–Crippen MR) is 88.2 cm³/mol. The minimum absolute atomic E-state index is 0.0800. The molecule has 0 aliphatic heterocycles. The molecule has 2 rings (SSSR count). The highest BCUT2D eigenvalue weighted by Crippen LogP contribution is 2.41. The average Bonchev–Trinajstić information content (AvgIpc) is 2.71. The standard InChI is InChI=1S/C13H9Cl4NOS/c1-8(19)10-6-18(20-13(15,16)17)7-11(10)9-4-2-3-5-12(9)14/h2-7H,1H3. The third kappa shape index (κ3) is 3.86. The van der Waals surface area contributed by atoms with Crippen LogP contribution in [-0.4, -0.2) is 12.9 Å². The van der Waals surface area contributed by atoms with Gasteiger partial charge in [-0.2, -0.15) is 0 Å². The quantitative estimate of drug-likeness (QED) is 0.501. The number of Topliss-reactive ketones (excluding diaryl/α,β-unsaturated/α-hetero) is 1. The van der Waals surface area contributed by atoms with E-state index in [0.29, 0.717) is 16.1 Å². The van der Waals surface area contributed by atoms with E-state index >= 15 is 0 Å². The van der Waals surface area contributed by atoms with Crippen molar-refractivity contribution in [1.82, 2.24) is 3.97 Å². The zero-order chi connectivity index (χ0) is 14.9. The molecular formula is C13H9Cl4NOS. The molecule has 1 heterocycles. The van der Waals surface area contributed by atoms with Crippen LogP contribution in [0.25, 0.3) is 11.1 Å². The highest BCUT2D eigenvalue weighted by atomic mass is 35.6. The molecule has 0 saturated carbocycles. The second-order valence-corrected chi connectivity index (χ2v) is 8.60. The van der Waals surface area contributed by atoms with Crippen LogP contribution in [0.3, 0.4) is 0 Å². The molecule has 0 amide bonds. The predicted octanol–water partition coefficient (Wildman–Crippen LogP) is 5.84. The number of carbonyl (C=O) groups is 1. The topological polar surface area (TPSA) is 22.0 Å². The Hall–Kier alpha value is -0.320. The van der Waals surface area contributed by atoms with Crippen LogP contribution in [-0.2, 0) is 0 Å². The van der Waals surface area contributed by atoms with Gasteiger partial charge in [0.05, 0.1) is 0 Å². The van der Waals surface area contributed by atoms with Crippen LogP contribution in [0.15, 0.2) is 36.7 Å². The van der Waals surface area contributed by atoms with E-state index in [1.165, 1.54) is 6.92 Å². The SMILES string of the molecule is CC(=O)c1cn(SC(Cl)(Cl)Cl)cc1-c1ccccc1Cl. The normalized spacial score (nSPS) is 11.7. The lowest BCUT2D eigenvalue weighted by Crippen LogP contribution is -1.98. The molecule has 0 saturated heterocycles. The molecular weight excluding hydrogens is 360 g/mol. The molecule has 1 aromatic heterocycles. The van der Waals surface area contributed by atoms with Crippen LogP contribution >= 0.6 is 58.4 Å². The van der Waals surface area contributed by atoms with E-state index in [2.05, 4.69) is 0 Å². The fraction of sp³-hybridized carbons (Fsp3) is 0.154. The van der Waals surface area contributed by atoms with Crippen molar-refractivity contribution >= 4 is 64.1 Å². The van der Waals surface area contributed by atoms with Gasteiger partial charge in [-0.05, 0) is 13.0 Å². The second kappa shape index (κ2) is 6.20. The lowest BCUT2D eigenvalue weighted by Gasteiger charge is -2.09. The van der Waals surface area contributed by atoms with Gasteiger partial charge in [-0.25, -0.2) is 0 Å². The summed E-state index contributed by atoms with van der Waals surface area (Å²) in [6.07, 6.45) is 3.36. The number of aromatic nitrogens is 1. The van der Waals surface area contributed by atoms with E-state index in [9.17, 15) is 4.79 Å². The van der Waals surface area contributed by atoms with Crippen LogP contribution in [0.4, 0.5) is 0 Å². The van der Waals surface area contributed by atoms with Gasteiger partial charge in [0.2, 0.25) is 0 Å². The van der Waals surface area contributed by atoms with E-state index < -0.39 is 3.12 Å². The Kier molecular flexibility index (Phi) is 4.98. The van der Waals surface area contributed by atoms with Crippen LogP contribution < -0.4 is 0 Å². The minimum atomic E-state index is -1.51. The maximum absolute atomic E-state index is 11.8. The molecule has 7 heteroatoms. The maximum Gasteiger partial charge on any atom is 0.256 e. The summed E-state index contributed by atoms with van der Waals surface area (Å²) < 4.78 is 0.0905. The zero-order valence-corrected chi connectivity index (χ0v) is 14.1. The molecule has 0 N–H and O–H groups in total. The first kappa shape index (κ1) is 16.1. The van der Waals surface area contributed by atoms with E-state index in [-0.39, 0.29) is 5.78 Å². The zero-order valence-electron chi connectivity index (χ0n) is 10.2. The Morgan fingerprint density at radius 3 is 2.35 bits per heavy atom. The third-order valence-electron chi connectivity index (χ3n) is 2.56. The van der Waals surface area contributed by atoms with Crippen molar-refractivity contribution in [3.8, 4) is 11.1 Å². The largest absolute Gasteiger partial charge is 0.294 e. The van der Waals surface area contributed by atoms with Gasteiger partial charge in [-0.3, -0.25) is 8.77 Å². The van der Waals surface area contributed by atoms with E-state index in [1.807, 2.05) is 18.2 Å². The van der Waals surface area contributed by atoms with Crippen LogP contribution in [0, 0.1) is 0 Å². The summed E-state index contributed by atoms with van der Waals surface area (Å²) in [6, 6.07) is 7.28. The van der Waals surface area contributed by atoms with E-state index in [1.54, 1.807) is 22.4 Å². The monoisotopic (exact) mass is 367 g/mol. The lowest BCUT2D eigenvalue weighted by molar-refractivity contribution is 0.101. The van der Waals surface area contributed by atoms with Crippen LogP contribution in [0.2, 0.25) is 5.02 Å². The first-order valence-electron chi connectivity index (χ1n) is 5.52. The summed E-state index contributed by atoms with van der Waals surface area (Å²) in [4.78, 5) is 11.8. The van der Waals surface area contributed by atoms with Crippen molar-refractivity contribution in [3.63, 3.8) is 0 Å². The van der Waals surface area contributed by atoms with Crippen LogP contribution in [0.1, 0.15) is 17.3 Å². The van der Waals surface area contributed by atoms with Gasteiger partial charge in [0.1, 0.15) is 0 Å². The van der Waals surface area contributed by atoms with Gasteiger partial charge >= 0.3 is 0 Å². The van der Waals surface area contributed by atoms with Gasteiger partial charge < -0.3 is 0 Å². The minimum Gasteiger partial charge on any atom is -0.294 e. The third-order valence-corrected chi connectivity index (χ3v) is 4.13. The van der Waals surface area contributed by atoms with Crippen molar-refractivity contribution in [1.29, 1.82) is 0 Å². The number of rotatable bonds is 3. The summed E-state index contributed by atoms with van der Waals surface area (Å²) in [5, 5.41) is 0.562. The summed E-state index contributed by atoms with van der Waals surface area (Å²) in [5.74, 6) is -0.0800. The summed E-state index contributed by atoms with van der Waals surface area (Å²) >= 11 is 24.4. The fourth-order valence-electron chi connectivity index (χ4n) is 1.78. The van der Waals surface area contributed by atoms with Crippen molar-refractivity contribution in [2.75, 3.05) is 0 Å². The van der Waals surface area contributed by atoms with Crippen molar-refractivity contribution < 1.29 is 4.79 Å². The molecule has 0 bridgehead atoms. The van der Waals surface area contributed by atoms with Gasteiger partial charge in [-0.1, -0.05) is 64.6 Å². The van der Waals surface area contributed by atoms with Gasteiger partial charge in [0.25, 0.3) is 3.12 Å². The molecule has 0 aliphatic carbocycles. The molecule has 2 aromatic rings. The van der Waals surface area contributed by atoms with E-state index in [0.717, 1.165) is 17.5 Å². The fourth-order valence-corrected chi connectivity index (χ4v) is 3.29. The Bertz CT molecular complexity index is 648. The van der Waals surface area contributed by atoms with Crippen molar-refractivity contribution in [2.24, 2.45) is 0 Å². The Labute approximate surface area is 141 Å². The van der Waals surface area contributed by atoms with Gasteiger partial charge in [0.15, 0.2) is 5.78 Å². The summed E-state index contributed by atoms with van der Waals surface area (Å²) in [6.45, 7) is 1.49. The Morgan fingerprint density at radius 1 is 1.15 bits per heavy atom. The molecule has 0 aliphatic rings. The van der Waals surface area contributed by atoms with Crippen molar-refractivity contribution in [2.45, 2.75) is 10.0 Å². The number of benzene rings is 1. The number of hydrogen-bond acceptors (Lipinski definition) is 2. The first-order chi connectivity index (χ1) is 9.28. The first-order valence-corrected chi connectivity index (χ1v) is 7.80. The number of carbonyl (C=O) groups excluding carboxylic acids is 1.